The Balaban J connectivity index is 1.76. The molecule has 7 heteroatoms. The van der Waals surface area contributed by atoms with Crippen molar-refractivity contribution in [1.29, 1.82) is 0 Å². The van der Waals surface area contributed by atoms with Crippen LogP contribution in [0.5, 0.6) is 0 Å². The summed E-state index contributed by atoms with van der Waals surface area (Å²) in [5.74, 6) is 1.96. The molecule has 0 aliphatic heterocycles. The molecule has 0 atom stereocenters. The maximum atomic E-state index is 12.1. The second kappa shape index (κ2) is 7.35. The van der Waals surface area contributed by atoms with Gasteiger partial charge in [-0.2, -0.15) is 4.98 Å². The van der Waals surface area contributed by atoms with Crippen LogP contribution >= 0.6 is 0 Å². The minimum Gasteiger partial charge on any atom is -0.338 e. The first-order valence-electron chi connectivity index (χ1n) is 8.21. The molecule has 24 heavy (non-hydrogen) atoms. The fraction of sp³-hybridized carbons (Fsp3) is 0.412. The first-order valence-corrected chi connectivity index (χ1v) is 8.21. The lowest BCUT2D eigenvalue weighted by Crippen LogP contribution is -2.25. The number of hydrogen-bond acceptors (Lipinski definition) is 6. The molecule has 0 spiro atoms. The maximum absolute atomic E-state index is 12.1. The van der Waals surface area contributed by atoms with E-state index < -0.39 is 0 Å². The normalized spacial score (nSPS) is 11.5. The number of para-hydroxylation sites is 1. The second-order valence-corrected chi connectivity index (χ2v) is 5.69. The lowest BCUT2D eigenvalue weighted by Gasteiger charge is -2.17. The Kier molecular flexibility index (Phi) is 5.00. The Morgan fingerprint density at radius 1 is 1.17 bits per heavy atom. The van der Waals surface area contributed by atoms with Gasteiger partial charge in [-0.15, -0.1) is 0 Å². The van der Waals surface area contributed by atoms with Gasteiger partial charge in [-0.05, 0) is 25.1 Å². The highest BCUT2D eigenvalue weighted by Gasteiger charge is 2.13. The Hall–Kier alpha value is -2.54. The summed E-state index contributed by atoms with van der Waals surface area (Å²) in [7, 11) is 0. The largest absolute Gasteiger partial charge is 0.338 e. The summed E-state index contributed by atoms with van der Waals surface area (Å²) >= 11 is 0. The number of aromatic nitrogens is 4. The molecule has 3 aromatic rings. The third-order valence-corrected chi connectivity index (χ3v) is 3.83. The SMILES string of the molecule is CCCc1noc(CN(CC)Cc2nc3ccccc3c(=O)[nH]2)n1. The van der Waals surface area contributed by atoms with Crippen LogP contribution in [0.2, 0.25) is 0 Å². The van der Waals surface area contributed by atoms with E-state index in [0.29, 0.717) is 35.7 Å². The molecule has 0 unspecified atom stereocenters. The van der Waals surface area contributed by atoms with Crippen LogP contribution in [-0.4, -0.2) is 31.6 Å². The van der Waals surface area contributed by atoms with Gasteiger partial charge in [-0.1, -0.05) is 31.1 Å². The van der Waals surface area contributed by atoms with Gasteiger partial charge in [0.2, 0.25) is 5.89 Å². The van der Waals surface area contributed by atoms with E-state index in [0.717, 1.165) is 25.2 Å². The molecule has 0 aliphatic carbocycles. The predicted molar refractivity (Wildman–Crippen MR) is 90.4 cm³/mol. The van der Waals surface area contributed by atoms with Gasteiger partial charge in [-0.25, -0.2) is 4.98 Å². The highest BCUT2D eigenvalue weighted by Crippen LogP contribution is 2.09. The summed E-state index contributed by atoms with van der Waals surface area (Å²) in [4.78, 5) is 26.0. The molecular weight excluding hydrogens is 306 g/mol. The Morgan fingerprint density at radius 3 is 2.79 bits per heavy atom. The van der Waals surface area contributed by atoms with E-state index in [9.17, 15) is 4.79 Å². The summed E-state index contributed by atoms with van der Waals surface area (Å²) in [5, 5.41) is 4.57. The molecule has 0 saturated heterocycles. The molecule has 1 N–H and O–H groups in total. The molecule has 3 rings (SSSR count). The van der Waals surface area contributed by atoms with Gasteiger partial charge in [-0.3, -0.25) is 9.69 Å². The quantitative estimate of drug-likeness (QED) is 0.716. The number of aryl methyl sites for hydroxylation is 1. The standard InChI is InChI=1S/C17H21N5O2/c1-3-7-14-19-16(24-21-14)11-22(4-2)10-15-18-13-9-6-5-8-12(13)17(23)20-15/h5-6,8-9H,3-4,7,10-11H2,1-2H3,(H,18,20,23). The average molecular weight is 327 g/mol. The Labute approximate surface area is 139 Å². The first kappa shape index (κ1) is 16.3. The highest BCUT2D eigenvalue weighted by atomic mass is 16.5. The highest BCUT2D eigenvalue weighted by molar-refractivity contribution is 5.77. The van der Waals surface area contributed by atoms with Crippen molar-refractivity contribution >= 4 is 10.9 Å². The lowest BCUT2D eigenvalue weighted by molar-refractivity contribution is 0.224. The summed E-state index contributed by atoms with van der Waals surface area (Å²) in [6.45, 7) is 5.95. The Bertz CT molecular complexity index is 871. The minimum absolute atomic E-state index is 0.116. The summed E-state index contributed by atoms with van der Waals surface area (Å²) < 4.78 is 5.29. The summed E-state index contributed by atoms with van der Waals surface area (Å²) in [6, 6.07) is 7.33. The molecule has 2 heterocycles. The summed E-state index contributed by atoms with van der Waals surface area (Å²) in [5.41, 5.74) is 0.588. The average Bonchev–Trinajstić information content (AvgIpc) is 3.02. The maximum Gasteiger partial charge on any atom is 0.258 e. The summed E-state index contributed by atoms with van der Waals surface area (Å²) in [6.07, 6.45) is 1.80. The zero-order valence-electron chi connectivity index (χ0n) is 14.0. The van der Waals surface area contributed by atoms with Crippen LogP contribution in [0, 0.1) is 0 Å². The van der Waals surface area contributed by atoms with Crippen LogP contribution in [-0.2, 0) is 19.5 Å². The van der Waals surface area contributed by atoms with Gasteiger partial charge in [0.1, 0.15) is 5.82 Å². The van der Waals surface area contributed by atoms with Crippen molar-refractivity contribution in [3.63, 3.8) is 0 Å². The second-order valence-electron chi connectivity index (χ2n) is 5.69. The zero-order valence-corrected chi connectivity index (χ0v) is 14.0. The van der Waals surface area contributed by atoms with Crippen molar-refractivity contribution in [3.05, 3.63) is 52.2 Å². The van der Waals surface area contributed by atoms with Crippen LogP contribution in [0.1, 0.15) is 37.8 Å². The zero-order chi connectivity index (χ0) is 16.9. The Morgan fingerprint density at radius 2 is 2.00 bits per heavy atom. The van der Waals surface area contributed by atoms with Gasteiger partial charge >= 0.3 is 0 Å². The number of nitrogens with zero attached hydrogens (tertiary/aromatic N) is 4. The molecular formula is C17H21N5O2. The van der Waals surface area contributed by atoms with E-state index in [1.165, 1.54) is 0 Å². The number of aromatic amines is 1. The third-order valence-electron chi connectivity index (χ3n) is 3.83. The van der Waals surface area contributed by atoms with Crippen molar-refractivity contribution < 1.29 is 4.52 Å². The molecule has 0 amide bonds. The van der Waals surface area contributed by atoms with Crippen molar-refractivity contribution in [3.8, 4) is 0 Å². The molecule has 0 bridgehead atoms. The molecule has 0 saturated carbocycles. The van der Waals surface area contributed by atoms with Gasteiger partial charge < -0.3 is 9.51 Å². The van der Waals surface area contributed by atoms with Crippen molar-refractivity contribution in [2.24, 2.45) is 0 Å². The molecule has 126 valence electrons. The molecule has 0 radical (unpaired) electrons. The van der Waals surface area contributed by atoms with Crippen LogP contribution in [0.3, 0.4) is 0 Å². The molecule has 0 fully saturated rings. The fourth-order valence-electron chi connectivity index (χ4n) is 2.57. The van der Waals surface area contributed by atoms with Gasteiger partial charge in [0.25, 0.3) is 5.56 Å². The number of hydrogen-bond donors (Lipinski definition) is 1. The van der Waals surface area contributed by atoms with Gasteiger partial charge in [0.05, 0.1) is 24.0 Å². The molecule has 1 aromatic carbocycles. The van der Waals surface area contributed by atoms with Crippen LogP contribution < -0.4 is 5.56 Å². The van der Waals surface area contributed by atoms with Gasteiger partial charge in [0.15, 0.2) is 5.82 Å². The molecule has 0 aliphatic rings. The van der Waals surface area contributed by atoms with E-state index >= 15 is 0 Å². The van der Waals surface area contributed by atoms with E-state index in [4.69, 9.17) is 4.52 Å². The number of H-pyrrole nitrogens is 1. The third kappa shape index (κ3) is 3.68. The topological polar surface area (TPSA) is 87.9 Å². The number of fused-ring (bicyclic) bond motifs is 1. The van der Waals surface area contributed by atoms with E-state index in [1.54, 1.807) is 6.07 Å². The van der Waals surface area contributed by atoms with E-state index in [-0.39, 0.29) is 5.56 Å². The predicted octanol–water partition coefficient (Wildman–Crippen LogP) is 2.28. The van der Waals surface area contributed by atoms with Gasteiger partial charge in [0, 0.05) is 6.42 Å². The molecule has 2 aromatic heterocycles. The molecule has 7 nitrogen and oxygen atoms in total. The first-order chi connectivity index (χ1) is 11.7. The smallest absolute Gasteiger partial charge is 0.258 e. The lowest BCUT2D eigenvalue weighted by atomic mass is 10.2. The van der Waals surface area contributed by atoms with Crippen LogP contribution in [0.15, 0.2) is 33.6 Å². The van der Waals surface area contributed by atoms with E-state index in [1.807, 2.05) is 25.1 Å². The van der Waals surface area contributed by atoms with Crippen LogP contribution in [0.4, 0.5) is 0 Å². The fourth-order valence-corrected chi connectivity index (χ4v) is 2.57. The monoisotopic (exact) mass is 327 g/mol. The van der Waals surface area contributed by atoms with Crippen molar-refractivity contribution in [1.82, 2.24) is 25.0 Å². The van der Waals surface area contributed by atoms with E-state index in [2.05, 4.69) is 31.9 Å². The van der Waals surface area contributed by atoms with Crippen molar-refractivity contribution in [2.75, 3.05) is 6.54 Å². The van der Waals surface area contributed by atoms with Crippen molar-refractivity contribution in [2.45, 2.75) is 39.8 Å². The number of nitrogens with one attached hydrogen (secondary N) is 1. The minimum atomic E-state index is -0.116. The number of rotatable bonds is 7. The van der Waals surface area contributed by atoms with Crippen LogP contribution in [0.25, 0.3) is 10.9 Å². The number of benzene rings is 1.